The number of carboxylic acid groups (broad SMARTS) is 1. The van der Waals surface area contributed by atoms with Gasteiger partial charge in [0.1, 0.15) is 0 Å². The molecule has 0 atom stereocenters. The van der Waals surface area contributed by atoms with E-state index in [0.717, 1.165) is 18.1 Å². The molecule has 1 N–H and O–H groups in total. The molecule has 5 heteroatoms. The quantitative estimate of drug-likeness (QED) is 0.848. The first-order chi connectivity index (χ1) is 8.08. The first-order valence-electron chi connectivity index (χ1n) is 6.03. The molecule has 1 fully saturated rings. The fraction of sp³-hybridized carbons (Fsp3) is 0.667. The van der Waals surface area contributed by atoms with Crippen molar-refractivity contribution in [1.82, 2.24) is 4.98 Å². The lowest BCUT2D eigenvalue weighted by molar-refractivity contribution is 0.0691. The van der Waals surface area contributed by atoms with Crippen molar-refractivity contribution < 1.29 is 9.90 Å². The molecule has 0 spiro atoms. The molecular formula is C12H18N2O2S. The number of aromatic carboxylic acids is 1. The zero-order chi connectivity index (χ0) is 12.4. The number of nitrogens with zero attached hydrogens (tertiary/aromatic N) is 2. The third-order valence-electron chi connectivity index (χ3n) is 2.89. The molecule has 0 bridgehead atoms. The van der Waals surface area contributed by atoms with Gasteiger partial charge in [0.05, 0.1) is 0 Å². The van der Waals surface area contributed by atoms with Gasteiger partial charge >= 0.3 is 5.97 Å². The van der Waals surface area contributed by atoms with E-state index in [1.165, 1.54) is 24.2 Å². The van der Waals surface area contributed by atoms with Gasteiger partial charge in [0.2, 0.25) is 0 Å². The summed E-state index contributed by atoms with van der Waals surface area (Å²) in [7, 11) is 0. The lowest BCUT2D eigenvalue weighted by Crippen LogP contribution is -2.27. The van der Waals surface area contributed by atoms with Gasteiger partial charge < -0.3 is 10.0 Å². The fourth-order valence-corrected chi connectivity index (χ4v) is 2.61. The summed E-state index contributed by atoms with van der Waals surface area (Å²) < 4.78 is 0. The van der Waals surface area contributed by atoms with Crippen molar-refractivity contribution in [2.75, 3.05) is 11.4 Å². The van der Waals surface area contributed by atoms with Crippen molar-refractivity contribution >= 4 is 22.4 Å². The monoisotopic (exact) mass is 254 g/mol. The topological polar surface area (TPSA) is 53.4 Å². The summed E-state index contributed by atoms with van der Waals surface area (Å²) in [6, 6.07) is 0.585. The van der Waals surface area contributed by atoms with Crippen molar-refractivity contribution in [1.29, 1.82) is 0 Å². The number of thiazole rings is 1. The van der Waals surface area contributed by atoms with Crippen LogP contribution in [0, 0.1) is 5.92 Å². The highest BCUT2D eigenvalue weighted by Gasteiger charge is 2.31. The summed E-state index contributed by atoms with van der Waals surface area (Å²) in [5.41, 5.74) is 0.167. The van der Waals surface area contributed by atoms with Gasteiger partial charge in [-0.3, -0.25) is 0 Å². The molecule has 2 rings (SSSR count). The zero-order valence-electron chi connectivity index (χ0n) is 10.2. The number of aromatic nitrogens is 1. The van der Waals surface area contributed by atoms with E-state index < -0.39 is 5.97 Å². The Morgan fingerprint density at radius 1 is 1.65 bits per heavy atom. The highest BCUT2D eigenvalue weighted by atomic mass is 32.1. The molecule has 1 aliphatic carbocycles. The average Bonchev–Trinajstić information content (AvgIpc) is 2.95. The Kier molecular flexibility index (Phi) is 3.66. The van der Waals surface area contributed by atoms with Gasteiger partial charge in [0, 0.05) is 18.0 Å². The van der Waals surface area contributed by atoms with E-state index in [9.17, 15) is 4.79 Å². The minimum Gasteiger partial charge on any atom is -0.476 e. The molecule has 4 nitrogen and oxygen atoms in total. The summed E-state index contributed by atoms with van der Waals surface area (Å²) in [6.45, 7) is 5.39. The lowest BCUT2D eigenvalue weighted by atomic mass is 10.1. The Morgan fingerprint density at radius 2 is 2.35 bits per heavy atom. The van der Waals surface area contributed by atoms with Crippen molar-refractivity contribution in [3.8, 4) is 0 Å². The van der Waals surface area contributed by atoms with Crippen LogP contribution in [0.2, 0.25) is 0 Å². The maximum absolute atomic E-state index is 10.8. The van der Waals surface area contributed by atoms with Crippen LogP contribution in [0.5, 0.6) is 0 Å². The predicted octanol–water partition coefficient (Wildman–Crippen LogP) is 2.86. The van der Waals surface area contributed by atoms with E-state index in [4.69, 9.17) is 5.11 Å². The number of rotatable bonds is 6. The summed E-state index contributed by atoms with van der Waals surface area (Å²) in [4.78, 5) is 17.3. The summed E-state index contributed by atoms with van der Waals surface area (Å²) >= 11 is 1.44. The smallest absolute Gasteiger partial charge is 0.355 e. The van der Waals surface area contributed by atoms with Crippen LogP contribution < -0.4 is 4.90 Å². The lowest BCUT2D eigenvalue weighted by Gasteiger charge is -2.22. The Labute approximate surface area is 105 Å². The van der Waals surface area contributed by atoms with Gasteiger partial charge in [-0.05, 0) is 25.2 Å². The maximum atomic E-state index is 10.8. The molecule has 1 aromatic heterocycles. The van der Waals surface area contributed by atoms with Crippen molar-refractivity contribution in [2.24, 2.45) is 5.92 Å². The standard InChI is InChI=1S/C12H18N2O2S/c1-8(2)5-6-14(9-3-4-9)12-13-10(7-17-12)11(15)16/h7-9H,3-6H2,1-2H3,(H,15,16). The molecule has 1 heterocycles. The predicted molar refractivity (Wildman–Crippen MR) is 68.9 cm³/mol. The molecule has 0 amide bonds. The number of carbonyl (C=O) groups is 1. The average molecular weight is 254 g/mol. The molecular weight excluding hydrogens is 236 g/mol. The molecule has 1 aromatic rings. The molecule has 1 aliphatic rings. The third kappa shape index (κ3) is 3.19. The molecule has 0 aliphatic heterocycles. The second kappa shape index (κ2) is 5.04. The SMILES string of the molecule is CC(C)CCN(c1nc(C(=O)O)cs1)C1CC1. The van der Waals surface area contributed by atoms with Crippen molar-refractivity contribution in [2.45, 2.75) is 39.2 Å². The first-order valence-corrected chi connectivity index (χ1v) is 6.91. The van der Waals surface area contributed by atoms with Gasteiger partial charge in [-0.1, -0.05) is 13.8 Å². The molecule has 94 valence electrons. The van der Waals surface area contributed by atoms with E-state index in [-0.39, 0.29) is 5.69 Å². The number of hydrogen-bond acceptors (Lipinski definition) is 4. The van der Waals surface area contributed by atoms with E-state index in [2.05, 4.69) is 23.7 Å². The second-order valence-electron chi connectivity index (χ2n) is 4.93. The van der Waals surface area contributed by atoms with Crippen LogP contribution in [-0.2, 0) is 0 Å². The van der Waals surface area contributed by atoms with Crippen molar-refractivity contribution in [3.63, 3.8) is 0 Å². The molecule has 0 aromatic carbocycles. The van der Waals surface area contributed by atoms with Crippen LogP contribution in [0.25, 0.3) is 0 Å². The molecule has 0 saturated heterocycles. The number of anilines is 1. The first kappa shape index (κ1) is 12.4. The Bertz CT molecular complexity index is 399. The van der Waals surface area contributed by atoms with Gasteiger partial charge in [0.15, 0.2) is 10.8 Å². The maximum Gasteiger partial charge on any atom is 0.355 e. The second-order valence-corrected chi connectivity index (χ2v) is 5.76. The highest BCUT2D eigenvalue weighted by molar-refractivity contribution is 7.13. The molecule has 0 unspecified atom stereocenters. The normalized spacial score (nSPS) is 15.2. The van der Waals surface area contributed by atoms with Crippen molar-refractivity contribution in [3.05, 3.63) is 11.1 Å². The van der Waals surface area contributed by atoms with Crippen LogP contribution in [0.1, 0.15) is 43.6 Å². The number of carboxylic acids is 1. The van der Waals surface area contributed by atoms with Crippen LogP contribution in [0.3, 0.4) is 0 Å². The van der Waals surface area contributed by atoms with Crippen LogP contribution in [-0.4, -0.2) is 28.6 Å². The molecule has 1 saturated carbocycles. The van der Waals surface area contributed by atoms with Gasteiger partial charge in [-0.2, -0.15) is 0 Å². The largest absolute Gasteiger partial charge is 0.476 e. The van der Waals surface area contributed by atoms with Crippen LogP contribution in [0.4, 0.5) is 5.13 Å². The van der Waals surface area contributed by atoms with E-state index in [1.807, 2.05) is 0 Å². The van der Waals surface area contributed by atoms with Gasteiger partial charge in [0.25, 0.3) is 0 Å². The zero-order valence-corrected chi connectivity index (χ0v) is 11.0. The Balaban J connectivity index is 2.06. The van der Waals surface area contributed by atoms with Gasteiger partial charge in [-0.25, -0.2) is 9.78 Å². The van der Waals surface area contributed by atoms with Crippen LogP contribution in [0.15, 0.2) is 5.38 Å². The van der Waals surface area contributed by atoms with E-state index >= 15 is 0 Å². The highest BCUT2D eigenvalue weighted by Crippen LogP contribution is 2.33. The summed E-state index contributed by atoms with van der Waals surface area (Å²) in [5, 5.41) is 11.4. The Hall–Kier alpha value is -1.10. The van der Waals surface area contributed by atoms with Crippen LogP contribution >= 0.6 is 11.3 Å². The minimum atomic E-state index is -0.938. The number of hydrogen-bond donors (Lipinski definition) is 1. The Morgan fingerprint density at radius 3 is 2.82 bits per heavy atom. The summed E-state index contributed by atoms with van der Waals surface area (Å²) in [5.74, 6) is -0.276. The van der Waals surface area contributed by atoms with E-state index in [1.54, 1.807) is 5.38 Å². The third-order valence-corrected chi connectivity index (χ3v) is 3.77. The van der Waals surface area contributed by atoms with E-state index in [0.29, 0.717) is 12.0 Å². The molecule has 0 radical (unpaired) electrons. The van der Waals surface area contributed by atoms with Gasteiger partial charge in [-0.15, -0.1) is 11.3 Å². The molecule has 17 heavy (non-hydrogen) atoms. The summed E-state index contributed by atoms with van der Waals surface area (Å²) in [6.07, 6.45) is 3.54. The fourth-order valence-electron chi connectivity index (χ4n) is 1.71. The minimum absolute atomic E-state index is 0.167.